The minimum absolute atomic E-state index is 0.261. The van der Waals surface area contributed by atoms with Crippen molar-refractivity contribution in [2.75, 3.05) is 13.1 Å². The molecular weight excluding hydrogens is 168 g/mol. The summed E-state index contributed by atoms with van der Waals surface area (Å²) in [6.07, 6.45) is -0.914. The largest absolute Gasteiger partial charge is 0.465 e. The molecule has 0 bridgehead atoms. The van der Waals surface area contributed by atoms with Gasteiger partial charge in [0.2, 0.25) is 0 Å². The number of piperidine rings is 1. The van der Waals surface area contributed by atoms with Gasteiger partial charge in [0.1, 0.15) is 0 Å². The fraction of sp³-hybridized carbons (Fsp3) is 0.889. The first-order chi connectivity index (χ1) is 6.02. The van der Waals surface area contributed by atoms with Crippen LogP contribution in [0.25, 0.3) is 0 Å². The van der Waals surface area contributed by atoms with Gasteiger partial charge < -0.3 is 15.7 Å². The van der Waals surface area contributed by atoms with Crippen LogP contribution in [0.15, 0.2) is 0 Å². The van der Waals surface area contributed by atoms with E-state index in [9.17, 15) is 4.79 Å². The van der Waals surface area contributed by atoms with Gasteiger partial charge in [0.15, 0.2) is 0 Å². The highest BCUT2D eigenvalue weighted by Crippen LogP contribution is 2.54. The third-order valence-corrected chi connectivity index (χ3v) is 3.35. The minimum atomic E-state index is -0.914. The van der Waals surface area contributed by atoms with Crippen molar-refractivity contribution in [2.24, 2.45) is 17.8 Å². The number of amides is 1. The van der Waals surface area contributed by atoms with Gasteiger partial charge in [-0.3, -0.25) is 0 Å². The molecule has 0 aromatic carbocycles. The Bertz CT molecular complexity index is 230. The highest BCUT2D eigenvalue weighted by molar-refractivity contribution is 5.65. The summed E-state index contributed by atoms with van der Waals surface area (Å²) in [4.78, 5) is 10.5. The van der Waals surface area contributed by atoms with Crippen molar-refractivity contribution in [3.8, 4) is 0 Å². The van der Waals surface area contributed by atoms with Crippen molar-refractivity contribution in [1.29, 1.82) is 0 Å². The Morgan fingerprint density at radius 2 is 2.00 bits per heavy atom. The second-order valence-corrected chi connectivity index (χ2v) is 4.66. The average molecular weight is 184 g/mol. The third kappa shape index (κ3) is 1.39. The van der Waals surface area contributed by atoms with E-state index in [4.69, 9.17) is 5.11 Å². The van der Waals surface area contributed by atoms with E-state index >= 15 is 0 Å². The SMILES string of the molecule is CC(C)(NC(=O)O)C1C2CNCC21. The lowest BCUT2D eigenvalue weighted by atomic mass is 9.95. The summed E-state index contributed by atoms with van der Waals surface area (Å²) in [7, 11) is 0. The summed E-state index contributed by atoms with van der Waals surface area (Å²) in [5.74, 6) is 1.92. The summed E-state index contributed by atoms with van der Waals surface area (Å²) in [6.45, 7) is 6.06. The molecule has 1 saturated carbocycles. The van der Waals surface area contributed by atoms with E-state index < -0.39 is 6.09 Å². The molecule has 2 fully saturated rings. The molecule has 1 aliphatic heterocycles. The Hall–Kier alpha value is -0.770. The highest BCUT2D eigenvalue weighted by Gasteiger charge is 2.59. The number of fused-ring (bicyclic) bond motifs is 1. The summed E-state index contributed by atoms with van der Waals surface area (Å²) >= 11 is 0. The van der Waals surface area contributed by atoms with Crippen molar-refractivity contribution in [1.82, 2.24) is 10.6 Å². The maximum absolute atomic E-state index is 10.5. The zero-order chi connectivity index (χ0) is 9.64. The Kier molecular flexibility index (Phi) is 1.77. The first kappa shape index (κ1) is 8.81. The molecular formula is C9H16N2O2. The van der Waals surface area contributed by atoms with Crippen LogP contribution in [0.5, 0.6) is 0 Å². The van der Waals surface area contributed by atoms with Crippen LogP contribution < -0.4 is 10.6 Å². The molecule has 3 N–H and O–H groups in total. The molecule has 13 heavy (non-hydrogen) atoms. The molecule has 2 rings (SSSR count). The Balaban J connectivity index is 1.97. The lowest BCUT2D eigenvalue weighted by Gasteiger charge is -2.26. The van der Waals surface area contributed by atoms with Crippen molar-refractivity contribution in [3.05, 3.63) is 0 Å². The van der Waals surface area contributed by atoms with E-state index in [1.54, 1.807) is 0 Å². The Labute approximate surface area is 77.7 Å². The first-order valence-corrected chi connectivity index (χ1v) is 4.74. The zero-order valence-electron chi connectivity index (χ0n) is 8.00. The smallest absolute Gasteiger partial charge is 0.405 e. The average Bonchev–Trinajstić information content (AvgIpc) is 2.47. The lowest BCUT2D eigenvalue weighted by Crippen LogP contribution is -2.46. The minimum Gasteiger partial charge on any atom is -0.465 e. The molecule has 1 saturated heterocycles. The quantitative estimate of drug-likeness (QED) is 0.585. The predicted molar refractivity (Wildman–Crippen MR) is 48.6 cm³/mol. The summed E-state index contributed by atoms with van der Waals surface area (Å²) in [5, 5.41) is 14.6. The molecule has 4 heteroatoms. The molecule has 1 amide bonds. The molecule has 2 unspecified atom stereocenters. The van der Waals surface area contributed by atoms with Gasteiger partial charge in [0.25, 0.3) is 0 Å². The Morgan fingerprint density at radius 3 is 2.46 bits per heavy atom. The lowest BCUT2D eigenvalue weighted by molar-refractivity contribution is 0.175. The van der Waals surface area contributed by atoms with Crippen LogP contribution in [0.2, 0.25) is 0 Å². The molecule has 74 valence electrons. The van der Waals surface area contributed by atoms with Crippen LogP contribution in [0.3, 0.4) is 0 Å². The third-order valence-electron chi connectivity index (χ3n) is 3.35. The number of hydrogen-bond donors (Lipinski definition) is 3. The van der Waals surface area contributed by atoms with E-state index in [2.05, 4.69) is 10.6 Å². The number of carbonyl (C=O) groups is 1. The first-order valence-electron chi connectivity index (χ1n) is 4.74. The molecule has 0 spiro atoms. The van der Waals surface area contributed by atoms with Gasteiger partial charge in [-0.05, 0) is 44.7 Å². The van der Waals surface area contributed by atoms with Crippen molar-refractivity contribution >= 4 is 6.09 Å². The number of nitrogens with one attached hydrogen (secondary N) is 2. The van der Waals surface area contributed by atoms with Crippen molar-refractivity contribution < 1.29 is 9.90 Å². The molecule has 0 radical (unpaired) electrons. The van der Waals surface area contributed by atoms with E-state index in [0.29, 0.717) is 17.8 Å². The van der Waals surface area contributed by atoms with Gasteiger partial charge in [0.05, 0.1) is 0 Å². The molecule has 2 atom stereocenters. The number of hydrogen-bond acceptors (Lipinski definition) is 2. The molecule has 4 nitrogen and oxygen atoms in total. The second-order valence-electron chi connectivity index (χ2n) is 4.66. The van der Waals surface area contributed by atoms with Crippen LogP contribution in [0.1, 0.15) is 13.8 Å². The topological polar surface area (TPSA) is 61.4 Å². The number of carboxylic acid groups (broad SMARTS) is 1. The van der Waals surface area contributed by atoms with E-state index in [-0.39, 0.29) is 5.54 Å². The standard InChI is InChI=1S/C9H16N2O2/c1-9(2,11-8(12)13)7-5-3-10-4-6(5)7/h5-7,10-11H,3-4H2,1-2H3,(H,12,13). The van der Waals surface area contributed by atoms with Crippen LogP contribution in [0, 0.1) is 17.8 Å². The highest BCUT2D eigenvalue weighted by atomic mass is 16.4. The predicted octanol–water partition coefficient (Wildman–Crippen LogP) is 0.498. The van der Waals surface area contributed by atoms with Gasteiger partial charge >= 0.3 is 6.09 Å². The van der Waals surface area contributed by atoms with Crippen LogP contribution in [-0.2, 0) is 0 Å². The summed E-state index contributed by atoms with van der Waals surface area (Å²) < 4.78 is 0. The van der Waals surface area contributed by atoms with Gasteiger partial charge in [-0.2, -0.15) is 0 Å². The van der Waals surface area contributed by atoms with Crippen LogP contribution in [0.4, 0.5) is 4.79 Å². The number of rotatable bonds is 2. The van der Waals surface area contributed by atoms with Gasteiger partial charge in [-0.1, -0.05) is 0 Å². The van der Waals surface area contributed by atoms with E-state index in [1.807, 2.05) is 13.8 Å². The van der Waals surface area contributed by atoms with Crippen molar-refractivity contribution in [2.45, 2.75) is 19.4 Å². The zero-order valence-corrected chi connectivity index (χ0v) is 8.00. The molecule has 1 heterocycles. The Morgan fingerprint density at radius 1 is 1.46 bits per heavy atom. The van der Waals surface area contributed by atoms with Gasteiger partial charge in [-0.15, -0.1) is 0 Å². The van der Waals surface area contributed by atoms with E-state index in [1.165, 1.54) is 0 Å². The normalized spacial score (nSPS) is 36.9. The fourth-order valence-electron chi connectivity index (χ4n) is 2.85. The van der Waals surface area contributed by atoms with Crippen molar-refractivity contribution in [3.63, 3.8) is 0 Å². The molecule has 1 aliphatic carbocycles. The second kappa shape index (κ2) is 2.61. The summed E-state index contributed by atoms with van der Waals surface area (Å²) in [5.41, 5.74) is -0.261. The van der Waals surface area contributed by atoms with Gasteiger partial charge in [-0.25, -0.2) is 4.79 Å². The maximum atomic E-state index is 10.5. The van der Waals surface area contributed by atoms with Crippen LogP contribution in [-0.4, -0.2) is 29.8 Å². The molecule has 0 aromatic rings. The maximum Gasteiger partial charge on any atom is 0.405 e. The van der Waals surface area contributed by atoms with Gasteiger partial charge in [0, 0.05) is 5.54 Å². The monoisotopic (exact) mass is 184 g/mol. The summed E-state index contributed by atoms with van der Waals surface area (Å²) in [6, 6.07) is 0. The fourth-order valence-corrected chi connectivity index (χ4v) is 2.85. The van der Waals surface area contributed by atoms with E-state index in [0.717, 1.165) is 13.1 Å². The molecule has 2 aliphatic rings. The van der Waals surface area contributed by atoms with Crippen LogP contribution >= 0.6 is 0 Å². The molecule has 0 aromatic heterocycles.